The van der Waals surface area contributed by atoms with E-state index in [-0.39, 0.29) is 41.6 Å². The Kier molecular flexibility index (Phi) is 5.90. The minimum absolute atomic E-state index is 0.00835. The van der Waals surface area contributed by atoms with Crippen molar-refractivity contribution < 1.29 is 31.1 Å². The first kappa shape index (κ1) is 21.3. The number of halogens is 7. The van der Waals surface area contributed by atoms with Gasteiger partial charge in [-0.05, 0) is 55.0 Å². The van der Waals surface area contributed by atoms with E-state index in [0.717, 1.165) is 5.56 Å². The summed E-state index contributed by atoms with van der Waals surface area (Å²) < 4.78 is 85.2. The first-order chi connectivity index (χ1) is 13.0. The molecule has 1 nitrogen and oxygen atoms in total. The first-order valence-electron chi connectivity index (χ1n) is 8.98. The quantitative estimate of drug-likeness (QED) is 0.329. The molecule has 1 unspecified atom stereocenters. The fourth-order valence-electron chi connectivity index (χ4n) is 3.65. The van der Waals surface area contributed by atoms with Crippen LogP contribution in [-0.2, 0) is 6.18 Å². The summed E-state index contributed by atoms with van der Waals surface area (Å²) in [4.78, 5) is -0.00835. The lowest BCUT2D eigenvalue weighted by Crippen LogP contribution is -2.32. The second-order valence-corrected chi connectivity index (χ2v) is 8.54. The van der Waals surface area contributed by atoms with Crippen LogP contribution in [0.25, 0.3) is 10.8 Å². The summed E-state index contributed by atoms with van der Waals surface area (Å²) in [6.45, 7) is 1.88. The van der Waals surface area contributed by atoms with E-state index in [1.807, 2.05) is 6.92 Å². The maximum absolute atomic E-state index is 13.8. The van der Waals surface area contributed by atoms with E-state index < -0.39 is 29.9 Å². The Morgan fingerprint density at radius 2 is 1.61 bits per heavy atom. The van der Waals surface area contributed by atoms with Gasteiger partial charge in [0.2, 0.25) is 0 Å². The fraction of sp³-hybridized carbons (Fsp3) is 0.500. The van der Waals surface area contributed by atoms with E-state index in [1.165, 1.54) is 12.1 Å². The Bertz CT molecular complexity index is 835. The number of hydrogen-bond acceptors (Lipinski definition) is 1. The number of hydrogen-bond donors (Lipinski definition) is 0. The molecule has 154 valence electrons. The van der Waals surface area contributed by atoms with Crippen molar-refractivity contribution in [2.75, 3.05) is 0 Å². The maximum Gasteiger partial charge on any atom is 0.420 e. The fourth-order valence-corrected chi connectivity index (χ4v) is 3.94. The van der Waals surface area contributed by atoms with Crippen LogP contribution in [0.5, 0.6) is 5.75 Å². The van der Waals surface area contributed by atoms with Crippen LogP contribution in [0.3, 0.4) is 0 Å². The van der Waals surface area contributed by atoms with Crippen LogP contribution in [0.4, 0.5) is 26.3 Å². The molecule has 0 bridgehead atoms. The number of benzene rings is 2. The van der Waals surface area contributed by atoms with Gasteiger partial charge in [0.25, 0.3) is 0 Å². The van der Waals surface area contributed by atoms with Gasteiger partial charge in [-0.2, -0.15) is 26.3 Å². The molecule has 8 heteroatoms. The van der Waals surface area contributed by atoms with Crippen molar-refractivity contribution in [2.45, 2.75) is 55.9 Å². The highest BCUT2D eigenvalue weighted by molar-refractivity contribution is 9.09. The highest BCUT2D eigenvalue weighted by Gasteiger charge is 2.42. The zero-order valence-electron chi connectivity index (χ0n) is 15.0. The molecule has 0 amide bonds. The summed E-state index contributed by atoms with van der Waals surface area (Å²) in [6.07, 6.45) is -9.65. The molecular weight excluding hydrogens is 450 g/mol. The molecule has 1 aliphatic rings. The largest absolute Gasteiger partial charge is 0.490 e. The number of rotatable bonds is 3. The normalized spacial score (nSPS) is 22.3. The summed E-state index contributed by atoms with van der Waals surface area (Å²) in [5, 5.41) is 0.454. The van der Waals surface area contributed by atoms with Gasteiger partial charge in [0.1, 0.15) is 11.3 Å². The predicted octanol–water partition coefficient (Wildman–Crippen LogP) is 7.81. The Hall–Kier alpha value is -1.44. The van der Waals surface area contributed by atoms with Gasteiger partial charge < -0.3 is 4.74 Å². The van der Waals surface area contributed by atoms with Gasteiger partial charge in [-0.25, -0.2) is 0 Å². The van der Waals surface area contributed by atoms with Gasteiger partial charge >= 0.3 is 12.4 Å². The Balaban J connectivity index is 1.90. The van der Waals surface area contributed by atoms with Crippen LogP contribution < -0.4 is 4.74 Å². The van der Waals surface area contributed by atoms with E-state index in [2.05, 4.69) is 15.9 Å². The third-order valence-corrected chi connectivity index (χ3v) is 5.71. The zero-order valence-corrected chi connectivity index (χ0v) is 16.6. The molecule has 2 aromatic rings. The summed E-state index contributed by atoms with van der Waals surface area (Å²) in [5.41, 5.74) is -0.0310. The molecule has 0 spiro atoms. The second-order valence-electron chi connectivity index (χ2n) is 7.17. The minimum Gasteiger partial charge on any atom is -0.490 e. The molecule has 2 aromatic carbocycles. The van der Waals surface area contributed by atoms with E-state index in [1.54, 1.807) is 18.2 Å². The third kappa shape index (κ3) is 4.58. The summed E-state index contributed by atoms with van der Waals surface area (Å²) >= 11 is 3.40. The van der Waals surface area contributed by atoms with Crippen LogP contribution in [0.1, 0.15) is 48.6 Å². The lowest BCUT2D eigenvalue weighted by molar-refractivity contribution is -0.185. The van der Waals surface area contributed by atoms with Crippen LogP contribution in [0, 0.1) is 5.92 Å². The standard InChI is InChI=1S/C20H19BrF6O/c1-11(21)12-2-8-16-13(10-12)3-9-17(18(16)20(25,26)27)28-15-6-4-14(5-7-15)19(22,23)24/h2-3,8-11,14-15H,4-7H2,1H3/t11?,14-,15+. The van der Waals surface area contributed by atoms with E-state index in [9.17, 15) is 26.3 Å². The predicted molar refractivity (Wildman–Crippen MR) is 98.7 cm³/mol. The van der Waals surface area contributed by atoms with Crippen molar-refractivity contribution in [3.63, 3.8) is 0 Å². The molecule has 1 saturated carbocycles. The molecule has 0 heterocycles. The molecule has 0 N–H and O–H groups in total. The van der Waals surface area contributed by atoms with E-state index >= 15 is 0 Å². The molecule has 0 aliphatic heterocycles. The number of fused-ring (bicyclic) bond motifs is 1. The smallest absolute Gasteiger partial charge is 0.420 e. The number of alkyl halides is 7. The minimum atomic E-state index is -4.64. The molecule has 28 heavy (non-hydrogen) atoms. The number of ether oxygens (including phenoxy) is 1. The lowest BCUT2D eigenvalue weighted by atomic mass is 9.87. The Morgan fingerprint density at radius 3 is 2.14 bits per heavy atom. The average Bonchev–Trinajstić information content (AvgIpc) is 2.59. The van der Waals surface area contributed by atoms with Crippen LogP contribution in [0.15, 0.2) is 30.3 Å². The van der Waals surface area contributed by atoms with Gasteiger partial charge in [0.15, 0.2) is 0 Å². The molecule has 0 saturated heterocycles. The highest BCUT2D eigenvalue weighted by atomic mass is 79.9. The molecule has 3 rings (SSSR count). The van der Waals surface area contributed by atoms with Gasteiger partial charge in [0, 0.05) is 4.83 Å². The van der Waals surface area contributed by atoms with Crippen molar-refractivity contribution >= 4 is 26.7 Å². The zero-order chi connectivity index (χ0) is 20.7. The highest BCUT2D eigenvalue weighted by Crippen LogP contribution is 2.44. The van der Waals surface area contributed by atoms with Gasteiger partial charge in [0.05, 0.1) is 12.0 Å². The van der Waals surface area contributed by atoms with Crippen LogP contribution >= 0.6 is 15.9 Å². The third-order valence-electron chi connectivity index (χ3n) is 5.18. The van der Waals surface area contributed by atoms with Crippen LogP contribution in [0.2, 0.25) is 0 Å². The second kappa shape index (κ2) is 7.76. The van der Waals surface area contributed by atoms with E-state index in [4.69, 9.17) is 4.74 Å². The van der Waals surface area contributed by atoms with Crippen molar-refractivity contribution in [3.8, 4) is 5.75 Å². The monoisotopic (exact) mass is 468 g/mol. The summed E-state index contributed by atoms with van der Waals surface area (Å²) in [6, 6.07) is 7.54. The molecule has 1 atom stereocenters. The van der Waals surface area contributed by atoms with Crippen molar-refractivity contribution in [2.24, 2.45) is 5.92 Å². The van der Waals surface area contributed by atoms with Crippen molar-refractivity contribution in [1.82, 2.24) is 0 Å². The molecule has 1 fully saturated rings. The van der Waals surface area contributed by atoms with Crippen molar-refractivity contribution in [1.29, 1.82) is 0 Å². The van der Waals surface area contributed by atoms with Gasteiger partial charge in [-0.3, -0.25) is 0 Å². The van der Waals surface area contributed by atoms with Gasteiger partial charge in [-0.1, -0.05) is 40.2 Å². The lowest BCUT2D eigenvalue weighted by Gasteiger charge is -2.31. The van der Waals surface area contributed by atoms with E-state index in [0.29, 0.717) is 5.39 Å². The summed E-state index contributed by atoms with van der Waals surface area (Å²) in [7, 11) is 0. The molecule has 1 aliphatic carbocycles. The Labute approximate surface area is 167 Å². The summed E-state index contributed by atoms with van der Waals surface area (Å²) in [5.74, 6) is -1.73. The molecule has 0 aromatic heterocycles. The molecular formula is C20H19BrF6O. The Morgan fingerprint density at radius 1 is 0.964 bits per heavy atom. The first-order valence-corrected chi connectivity index (χ1v) is 9.89. The SMILES string of the molecule is CC(Br)c1ccc2c(C(F)(F)F)c(O[C@H]3CC[C@@H](C(F)(F)F)CC3)ccc2c1. The van der Waals surface area contributed by atoms with Crippen LogP contribution in [-0.4, -0.2) is 12.3 Å². The topological polar surface area (TPSA) is 9.23 Å². The maximum atomic E-state index is 13.8. The van der Waals surface area contributed by atoms with Crippen molar-refractivity contribution in [3.05, 3.63) is 41.5 Å². The molecule has 0 radical (unpaired) electrons. The van der Waals surface area contributed by atoms with Gasteiger partial charge in [-0.15, -0.1) is 0 Å². The average molecular weight is 469 g/mol.